The molecule has 1 atom stereocenters. The molecule has 0 aliphatic rings. The highest BCUT2D eigenvalue weighted by Crippen LogP contribution is 1.99. The molecule has 0 aromatic heterocycles. The van der Waals surface area contributed by atoms with E-state index < -0.39 is 11.3 Å². The van der Waals surface area contributed by atoms with E-state index in [4.69, 9.17) is 0 Å². The monoisotopic (exact) mass is 194 g/mol. The van der Waals surface area contributed by atoms with Crippen molar-refractivity contribution in [2.24, 2.45) is 4.40 Å². The summed E-state index contributed by atoms with van der Waals surface area (Å²) in [5.74, 6) is 0. The lowest BCUT2D eigenvalue weighted by Gasteiger charge is -1.91. The number of hydrogen-bond donors (Lipinski definition) is 0. The number of rotatable bonds is 3. The summed E-state index contributed by atoms with van der Waals surface area (Å²) in [5.41, 5.74) is 1.01. The molecule has 68 valence electrons. The van der Waals surface area contributed by atoms with Crippen LogP contribution in [0.5, 0.6) is 0 Å². The lowest BCUT2D eigenvalue weighted by molar-refractivity contribution is 0.539. The highest BCUT2D eigenvalue weighted by Gasteiger charge is 1.79. The van der Waals surface area contributed by atoms with Crippen LogP contribution in [0, 0.1) is 0 Å². The van der Waals surface area contributed by atoms with Crippen LogP contribution in [-0.4, -0.2) is 15.0 Å². The van der Waals surface area contributed by atoms with Gasteiger partial charge in [0.2, 0.25) is 0 Å². The first kappa shape index (κ1) is 9.83. The van der Waals surface area contributed by atoms with E-state index in [1.54, 1.807) is 12.2 Å². The molecule has 0 N–H and O–H groups in total. The number of benzene rings is 1. The number of nitrogens with zero attached hydrogens (tertiary/aromatic N) is 1. The maximum Gasteiger partial charge on any atom is 0.0676 e. The fourth-order valence-corrected chi connectivity index (χ4v) is 0.973. The van der Waals surface area contributed by atoms with Crippen LogP contribution in [0.15, 0.2) is 40.8 Å². The van der Waals surface area contributed by atoms with Crippen molar-refractivity contribution in [3.05, 3.63) is 42.0 Å². The lowest BCUT2D eigenvalue weighted by atomic mass is 10.2. The second-order valence-corrected chi connectivity index (χ2v) is 2.89. The van der Waals surface area contributed by atoms with Gasteiger partial charge in [-0.2, -0.15) is 0 Å². The average molecular weight is 194 g/mol. The normalized spacial score (nSPS) is 13.9. The second kappa shape index (κ2) is 5.40. The van der Waals surface area contributed by atoms with Crippen molar-refractivity contribution in [1.29, 1.82) is 0 Å². The predicted octanol–water partition coefficient (Wildman–Crippen LogP) is 1.56. The first-order valence-corrected chi connectivity index (χ1v) is 4.67. The van der Waals surface area contributed by atoms with Gasteiger partial charge in [0.15, 0.2) is 0 Å². The summed E-state index contributed by atoms with van der Waals surface area (Å²) in [6.07, 6.45) is 4.58. The van der Waals surface area contributed by atoms with Crippen LogP contribution < -0.4 is 0 Å². The molecule has 13 heavy (non-hydrogen) atoms. The fourth-order valence-electron chi connectivity index (χ4n) is 0.803. The molecule has 1 aromatic carbocycles. The first-order chi connectivity index (χ1) is 6.29. The molecule has 0 saturated carbocycles. The SMILES string of the molecule is O=S([O-])N=C/C=C/c1ccccc1. The van der Waals surface area contributed by atoms with Gasteiger partial charge in [-0.1, -0.05) is 36.4 Å². The maximum atomic E-state index is 9.98. The summed E-state index contributed by atoms with van der Waals surface area (Å²) in [7, 11) is 0. The van der Waals surface area contributed by atoms with Gasteiger partial charge < -0.3 is 4.55 Å². The fraction of sp³-hybridized carbons (Fsp3) is 0. The summed E-state index contributed by atoms with van der Waals surface area (Å²) in [6, 6.07) is 9.56. The van der Waals surface area contributed by atoms with Gasteiger partial charge in [0.25, 0.3) is 0 Å². The van der Waals surface area contributed by atoms with E-state index >= 15 is 0 Å². The molecule has 0 aliphatic carbocycles. The standard InChI is InChI=1S/C9H9NO2S/c11-13(12)10-8-4-7-9-5-2-1-3-6-9/h1-8H,(H,11,12)/p-1/b7-4+,10-8?. The van der Waals surface area contributed by atoms with Gasteiger partial charge in [0.1, 0.15) is 0 Å². The van der Waals surface area contributed by atoms with Gasteiger partial charge in [0, 0.05) is 6.21 Å². The van der Waals surface area contributed by atoms with Gasteiger partial charge in [-0.3, -0.25) is 4.21 Å². The molecular weight excluding hydrogens is 186 g/mol. The third-order valence-corrected chi connectivity index (χ3v) is 1.62. The molecule has 1 aromatic rings. The van der Waals surface area contributed by atoms with E-state index in [0.29, 0.717) is 0 Å². The Bertz CT molecular complexity index is 333. The van der Waals surface area contributed by atoms with Crippen molar-refractivity contribution in [2.45, 2.75) is 0 Å². The quantitative estimate of drug-likeness (QED) is 0.541. The Kier molecular flexibility index (Phi) is 4.08. The van der Waals surface area contributed by atoms with Crippen LogP contribution >= 0.6 is 0 Å². The van der Waals surface area contributed by atoms with Gasteiger partial charge in [-0.05, 0) is 11.6 Å². The topological polar surface area (TPSA) is 52.5 Å². The Labute approximate surface area is 79.2 Å². The van der Waals surface area contributed by atoms with E-state index in [1.807, 2.05) is 30.3 Å². The molecule has 0 saturated heterocycles. The third-order valence-electron chi connectivity index (χ3n) is 1.32. The molecule has 0 spiro atoms. The van der Waals surface area contributed by atoms with Crippen LogP contribution in [0.3, 0.4) is 0 Å². The summed E-state index contributed by atoms with van der Waals surface area (Å²) >= 11 is -2.36. The molecule has 0 amide bonds. The Hall–Kier alpha value is -1.26. The van der Waals surface area contributed by atoms with Crippen LogP contribution in [0.1, 0.15) is 5.56 Å². The Balaban J connectivity index is 2.55. The largest absolute Gasteiger partial charge is 0.754 e. The Morgan fingerprint density at radius 2 is 2.00 bits per heavy atom. The third kappa shape index (κ3) is 4.35. The number of allylic oxidation sites excluding steroid dienone is 1. The summed E-state index contributed by atoms with van der Waals surface area (Å²) in [4.78, 5) is 0. The highest BCUT2D eigenvalue weighted by atomic mass is 32.2. The van der Waals surface area contributed by atoms with E-state index in [2.05, 4.69) is 4.40 Å². The Morgan fingerprint density at radius 3 is 2.62 bits per heavy atom. The summed E-state index contributed by atoms with van der Waals surface area (Å²) in [6.45, 7) is 0. The molecule has 0 fully saturated rings. The van der Waals surface area contributed by atoms with Crippen molar-refractivity contribution in [2.75, 3.05) is 0 Å². The van der Waals surface area contributed by atoms with Gasteiger partial charge in [-0.25, -0.2) is 4.40 Å². The van der Waals surface area contributed by atoms with Crippen molar-refractivity contribution in [1.82, 2.24) is 0 Å². The molecular formula is C9H8NO2S-. The predicted molar refractivity (Wildman–Crippen MR) is 52.9 cm³/mol. The molecule has 0 heterocycles. The lowest BCUT2D eigenvalue weighted by Crippen LogP contribution is -1.78. The van der Waals surface area contributed by atoms with E-state index in [0.717, 1.165) is 5.56 Å². The minimum Gasteiger partial charge on any atom is -0.754 e. The number of hydrogen-bond acceptors (Lipinski definition) is 2. The van der Waals surface area contributed by atoms with Crippen molar-refractivity contribution < 1.29 is 8.76 Å². The maximum absolute atomic E-state index is 9.98. The van der Waals surface area contributed by atoms with E-state index in [-0.39, 0.29) is 0 Å². The molecule has 0 radical (unpaired) electrons. The molecule has 0 bridgehead atoms. The van der Waals surface area contributed by atoms with Crippen LogP contribution in [0.25, 0.3) is 6.08 Å². The average Bonchev–Trinajstić information content (AvgIpc) is 2.14. The van der Waals surface area contributed by atoms with Gasteiger partial charge in [0.05, 0.1) is 11.3 Å². The minimum atomic E-state index is -2.36. The molecule has 1 unspecified atom stereocenters. The molecule has 3 nitrogen and oxygen atoms in total. The molecule has 1 rings (SSSR count). The zero-order valence-electron chi connectivity index (χ0n) is 6.79. The van der Waals surface area contributed by atoms with Crippen molar-refractivity contribution >= 4 is 23.6 Å². The van der Waals surface area contributed by atoms with Crippen LogP contribution in [0.4, 0.5) is 0 Å². The van der Waals surface area contributed by atoms with E-state index in [1.165, 1.54) is 6.21 Å². The highest BCUT2D eigenvalue weighted by molar-refractivity contribution is 7.77. The van der Waals surface area contributed by atoms with Crippen LogP contribution in [0.2, 0.25) is 0 Å². The summed E-state index contributed by atoms with van der Waals surface area (Å²) in [5, 5.41) is 0. The second-order valence-electron chi connectivity index (χ2n) is 2.24. The van der Waals surface area contributed by atoms with Crippen LogP contribution in [-0.2, 0) is 11.3 Å². The van der Waals surface area contributed by atoms with Gasteiger partial charge in [-0.15, -0.1) is 0 Å². The van der Waals surface area contributed by atoms with Crippen molar-refractivity contribution in [3.63, 3.8) is 0 Å². The van der Waals surface area contributed by atoms with E-state index in [9.17, 15) is 8.76 Å². The molecule has 0 aliphatic heterocycles. The first-order valence-electron chi connectivity index (χ1n) is 3.64. The van der Waals surface area contributed by atoms with Gasteiger partial charge >= 0.3 is 0 Å². The minimum absolute atomic E-state index is 1.01. The smallest absolute Gasteiger partial charge is 0.0676 e. The summed E-state index contributed by atoms with van der Waals surface area (Å²) < 4.78 is 23.1. The molecule has 4 heteroatoms. The van der Waals surface area contributed by atoms with Crippen molar-refractivity contribution in [3.8, 4) is 0 Å². The Morgan fingerprint density at radius 1 is 1.31 bits per heavy atom. The zero-order chi connectivity index (χ0) is 9.52. The zero-order valence-corrected chi connectivity index (χ0v) is 7.61.